The SMILES string of the molecule is CC1OCC(O)[C@H](O)C1O. The first-order valence-electron chi connectivity index (χ1n) is 3.28. The molecule has 0 amide bonds. The lowest BCUT2D eigenvalue weighted by Gasteiger charge is -2.33. The average molecular weight is 148 g/mol. The third-order valence-corrected chi connectivity index (χ3v) is 1.75. The standard InChI is InChI=1S/C6H12O4/c1-3-5(8)6(9)4(7)2-10-3/h3-9H,2H2,1H3/t3?,4?,5?,6-/m0/s1. The van der Waals surface area contributed by atoms with Crippen molar-refractivity contribution in [1.29, 1.82) is 0 Å². The van der Waals surface area contributed by atoms with Crippen LogP contribution in [0.3, 0.4) is 0 Å². The Labute approximate surface area is 59.1 Å². The number of aliphatic hydroxyl groups excluding tert-OH is 3. The molecule has 1 saturated heterocycles. The van der Waals surface area contributed by atoms with Crippen LogP contribution < -0.4 is 0 Å². The monoisotopic (exact) mass is 148 g/mol. The number of aliphatic hydroxyl groups is 3. The van der Waals surface area contributed by atoms with Gasteiger partial charge in [0.1, 0.15) is 18.3 Å². The summed E-state index contributed by atoms with van der Waals surface area (Å²) in [5.41, 5.74) is 0. The van der Waals surface area contributed by atoms with Gasteiger partial charge in [0.15, 0.2) is 0 Å². The predicted molar refractivity (Wildman–Crippen MR) is 33.4 cm³/mol. The van der Waals surface area contributed by atoms with Gasteiger partial charge >= 0.3 is 0 Å². The van der Waals surface area contributed by atoms with E-state index in [2.05, 4.69) is 0 Å². The van der Waals surface area contributed by atoms with E-state index in [0.29, 0.717) is 0 Å². The zero-order valence-corrected chi connectivity index (χ0v) is 5.77. The molecule has 0 aliphatic carbocycles. The number of hydrogen-bond donors (Lipinski definition) is 3. The van der Waals surface area contributed by atoms with E-state index in [0.717, 1.165) is 0 Å². The van der Waals surface area contributed by atoms with Crippen LogP contribution in [0.1, 0.15) is 6.92 Å². The highest BCUT2D eigenvalue weighted by Gasteiger charge is 2.34. The molecule has 3 unspecified atom stereocenters. The molecule has 4 heteroatoms. The molecule has 0 aromatic heterocycles. The van der Waals surface area contributed by atoms with Gasteiger partial charge in [0.2, 0.25) is 0 Å². The van der Waals surface area contributed by atoms with Gasteiger partial charge in [-0.25, -0.2) is 0 Å². The molecule has 4 nitrogen and oxygen atoms in total. The van der Waals surface area contributed by atoms with Crippen molar-refractivity contribution in [2.75, 3.05) is 6.61 Å². The predicted octanol–water partition coefficient (Wildman–Crippen LogP) is -1.51. The molecule has 0 saturated carbocycles. The molecule has 1 aliphatic rings. The van der Waals surface area contributed by atoms with Crippen molar-refractivity contribution in [2.24, 2.45) is 0 Å². The minimum atomic E-state index is -1.07. The van der Waals surface area contributed by atoms with Gasteiger partial charge < -0.3 is 20.1 Å². The summed E-state index contributed by atoms with van der Waals surface area (Å²) in [4.78, 5) is 0. The maximum atomic E-state index is 9.08. The van der Waals surface area contributed by atoms with Gasteiger partial charge in [-0.05, 0) is 6.92 Å². The Morgan fingerprint density at radius 1 is 1.20 bits per heavy atom. The fourth-order valence-corrected chi connectivity index (χ4v) is 0.953. The Hall–Kier alpha value is -0.160. The molecule has 0 radical (unpaired) electrons. The molecule has 3 N–H and O–H groups in total. The molecular formula is C6H12O4. The van der Waals surface area contributed by atoms with Crippen molar-refractivity contribution >= 4 is 0 Å². The van der Waals surface area contributed by atoms with Gasteiger partial charge in [-0.3, -0.25) is 0 Å². The fraction of sp³-hybridized carbons (Fsp3) is 1.00. The summed E-state index contributed by atoms with van der Waals surface area (Å²) in [5.74, 6) is 0. The molecule has 1 fully saturated rings. The molecule has 60 valence electrons. The topological polar surface area (TPSA) is 69.9 Å². The van der Waals surface area contributed by atoms with Crippen LogP contribution in [-0.4, -0.2) is 46.3 Å². The van der Waals surface area contributed by atoms with Crippen molar-refractivity contribution < 1.29 is 20.1 Å². The Bertz CT molecular complexity index is 102. The summed E-state index contributed by atoms with van der Waals surface area (Å²) in [7, 11) is 0. The van der Waals surface area contributed by atoms with Gasteiger partial charge in [0.05, 0.1) is 12.7 Å². The van der Waals surface area contributed by atoms with E-state index in [4.69, 9.17) is 20.1 Å². The molecule has 1 rings (SSSR count). The average Bonchev–Trinajstić information content (AvgIpc) is 1.93. The molecular weight excluding hydrogens is 136 g/mol. The number of hydrogen-bond acceptors (Lipinski definition) is 4. The second-order valence-electron chi connectivity index (χ2n) is 2.59. The highest BCUT2D eigenvalue weighted by molar-refractivity contribution is 4.83. The van der Waals surface area contributed by atoms with Crippen LogP contribution in [0.4, 0.5) is 0 Å². The van der Waals surface area contributed by atoms with Crippen LogP contribution in [0.15, 0.2) is 0 Å². The van der Waals surface area contributed by atoms with Gasteiger partial charge in [0, 0.05) is 0 Å². The van der Waals surface area contributed by atoms with Crippen LogP contribution in [0, 0.1) is 0 Å². The van der Waals surface area contributed by atoms with Crippen molar-refractivity contribution in [3.8, 4) is 0 Å². The van der Waals surface area contributed by atoms with Gasteiger partial charge in [0.25, 0.3) is 0 Å². The first-order chi connectivity index (χ1) is 4.63. The first-order valence-corrected chi connectivity index (χ1v) is 3.28. The maximum absolute atomic E-state index is 9.08. The molecule has 1 aliphatic heterocycles. The van der Waals surface area contributed by atoms with E-state index < -0.39 is 24.4 Å². The normalized spacial score (nSPS) is 49.2. The van der Waals surface area contributed by atoms with E-state index in [1.54, 1.807) is 6.92 Å². The quantitative estimate of drug-likeness (QED) is 0.390. The highest BCUT2D eigenvalue weighted by Crippen LogP contribution is 2.14. The molecule has 4 atom stereocenters. The zero-order valence-electron chi connectivity index (χ0n) is 5.77. The third-order valence-electron chi connectivity index (χ3n) is 1.75. The number of ether oxygens (including phenoxy) is 1. The van der Waals surface area contributed by atoms with E-state index >= 15 is 0 Å². The largest absolute Gasteiger partial charge is 0.388 e. The molecule has 1 heterocycles. The number of rotatable bonds is 0. The lowest BCUT2D eigenvalue weighted by Crippen LogP contribution is -2.51. The van der Waals surface area contributed by atoms with E-state index in [9.17, 15) is 0 Å². The lowest BCUT2D eigenvalue weighted by molar-refractivity contribution is -0.181. The second kappa shape index (κ2) is 2.84. The van der Waals surface area contributed by atoms with E-state index in [1.807, 2.05) is 0 Å². The van der Waals surface area contributed by atoms with Crippen molar-refractivity contribution in [1.82, 2.24) is 0 Å². The maximum Gasteiger partial charge on any atom is 0.110 e. The summed E-state index contributed by atoms with van der Waals surface area (Å²) in [6.07, 6.45) is -3.38. The summed E-state index contributed by atoms with van der Waals surface area (Å²) < 4.78 is 4.91. The van der Waals surface area contributed by atoms with Gasteiger partial charge in [-0.1, -0.05) is 0 Å². The zero-order chi connectivity index (χ0) is 7.72. The Morgan fingerprint density at radius 3 is 2.30 bits per heavy atom. The summed E-state index contributed by atoms with van der Waals surface area (Å²) in [6, 6.07) is 0. The molecule has 10 heavy (non-hydrogen) atoms. The smallest absolute Gasteiger partial charge is 0.110 e. The summed E-state index contributed by atoms with van der Waals surface area (Å²) >= 11 is 0. The molecule has 0 aromatic carbocycles. The molecule has 0 spiro atoms. The van der Waals surface area contributed by atoms with Crippen LogP contribution in [-0.2, 0) is 4.74 Å². The van der Waals surface area contributed by atoms with Crippen LogP contribution in [0.2, 0.25) is 0 Å². The van der Waals surface area contributed by atoms with Crippen molar-refractivity contribution in [3.05, 3.63) is 0 Å². The lowest BCUT2D eigenvalue weighted by atomic mass is 10.0. The van der Waals surface area contributed by atoms with E-state index in [-0.39, 0.29) is 6.61 Å². The molecule has 0 aromatic rings. The third kappa shape index (κ3) is 1.29. The minimum Gasteiger partial charge on any atom is -0.388 e. The summed E-state index contributed by atoms with van der Waals surface area (Å²) in [6.45, 7) is 1.75. The van der Waals surface area contributed by atoms with Crippen molar-refractivity contribution in [2.45, 2.75) is 31.3 Å². The Morgan fingerprint density at radius 2 is 1.80 bits per heavy atom. The summed E-state index contributed by atoms with van der Waals surface area (Å²) in [5, 5.41) is 27.0. The highest BCUT2D eigenvalue weighted by atomic mass is 16.5. The van der Waals surface area contributed by atoms with Crippen LogP contribution in [0.25, 0.3) is 0 Å². The Kier molecular flexibility index (Phi) is 2.25. The second-order valence-corrected chi connectivity index (χ2v) is 2.59. The molecule has 0 bridgehead atoms. The minimum absolute atomic E-state index is 0.0966. The van der Waals surface area contributed by atoms with Crippen LogP contribution >= 0.6 is 0 Å². The van der Waals surface area contributed by atoms with Gasteiger partial charge in [-0.15, -0.1) is 0 Å². The van der Waals surface area contributed by atoms with Crippen LogP contribution in [0.5, 0.6) is 0 Å². The van der Waals surface area contributed by atoms with E-state index in [1.165, 1.54) is 0 Å². The Balaban J connectivity index is 2.52. The first kappa shape index (κ1) is 7.94. The van der Waals surface area contributed by atoms with Crippen molar-refractivity contribution in [3.63, 3.8) is 0 Å². The van der Waals surface area contributed by atoms with Gasteiger partial charge in [-0.2, -0.15) is 0 Å². The fourth-order valence-electron chi connectivity index (χ4n) is 0.953.